The fraction of sp³-hybridized carbons (Fsp3) is 0.333. The van der Waals surface area contributed by atoms with Crippen molar-refractivity contribution in [2.24, 2.45) is 0 Å². The quantitative estimate of drug-likeness (QED) is 0.653. The second-order valence-corrected chi connectivity index (χ2v) is 6.35. The molecule has 20 heavy (non-hydrogen) atoms. The van der Waals surface area contributed by atoms with E-state index in [-0.39, 0.29) is 10.6 Å². The van der Waals surface area contributed by atoms with Gasteiger partial charge in [-0.05, 0) is 35.9 Å². The number of hydrogen-bond donors (Lipinski definition) is 2. The molecule has 2 aromatic carbocycles. The molecule has 0 unspecified atom stereocenters. The van der Waals surface area contributed by atoms with Crippen LogP contribution in [0.4, 0.5) is 0 Å². The van der Waals surface area contributed by atoms with Gasteiger partial charge in [0, 0.05) is 11.5 Å². The Morgan fingerprint density at radius 3 is 2.50 bits per heavy atom. The van der Waals surface area contributed by atoms with Gasteiger partial charge in [-0.25, -0.2) is 0 Å². The Bertz CT molecular complexity index is 720. The summed E-state index contributed by atoms with van der Waals surface area (Å²) in [4.78, 5) is -0.291. The molecule has 5 heteroatoms. The van der Waals surface area contributed by atoms with Crippen LogP contribution in [-0.4, -0.2) is 18.1 Å². The first-order valence-electron chi connectivity index (χ1n) is 6.65. The number of fused-ring (bicyclic) bond motifs is 1. The van der Waals surface area contributed by atoms with Crippen LogP contribution in [0.2, 0.25) is 0 Å². The van der Waals surface area contributed by atoms with Gasteiger partial charge in [0.15, 0.2) is 0 Å². The molecule has 0 aliphatic carbocycles. The van der Waals surface area contributed by atoms with Crippen LogP contribution in [0.1, 0.15) is 31.7 Å². The van der Waals surface area contributed by atoms with Crippen molar-refractivity contribution in [3.8, 4) is 5.75 Å². The van der Waals surface area contributed by atoms with Crippen LogP contribution >= 0.6 is 0 Å². The highest BCUT2D eigenvalue weighted by atomic mass is 32.2. The van der Waals surface area contributed by atoms with E-state index in [1.165, 1.54) is 6.07 Å². The smallest absolute Gasteiger partial charge is 0.294 e. The molecule has 0 aromatic heterocycles. The van der Waals surface area contributed by atoms with Gasteiger partial charge >= 0.3 is 0 Å². The highest BCUT2D eigenvalue weighted by Gasteiger charge is 2.13. The number of aromatic hydroxyl groups is 1. The van der Waals surface area contributed by atoms with Crippen LogP contribution < -0.4 is 0 Å². The summed E-state index contributed by atoms with van der Waals surface area (Å²) in [6.07, 6.45) is 4.33. The Morgan fingerprint density at radius 2 is 1.85 bits per heavy atom. The predicted octanol–water partition coefficient (Wildman–Crippen LogP) is 3.52. The van der Waals surface area contributed by atoms with E-state index in [0.717, 1.165) is 37.3 Å². The Hall–Kier alpha value is -1.59. The van der Waals surface area contributed by atoms with Gasteiger partial charge in [0.1, 0.15) is 5.75 Å². The molecule has 0 saturated carbocycles. The maximum atomic E-state index is 11.1. The van der Waals surface area contributed by atoms with Crippen molar-refractivity contribution in [3.63, 3.8) is 0 Å². The number of benzene rings is 2. The molecule has 0 bridgehead atoms. The van der Waals surface area contributed by atoms with E-state index in [2.05, 4.69) is 6.92 Å². The van der Waals surface area contributed by atoms with E-state index in [0.29, 0.717) is 10.8 Å². The molecule has 2 aromatic rings. The Balaban J connectivity index is 2.42. The number of unbranched alkanes of at least 4 members (excludes halogenated alkanes) is 2. The number of rotatable bonds is 5. The summed E-state index contributed by atoms with van der Waals surface area (Å²) in [5.41, 5.74) is 1.11. The highest BCUT2D eigenvalue weighted by Crippen LogP contribution is 2.29. The molecule has 0 atom stereocenters. The molecule has 0 radical (unpaired) electrons. The fourth-order valence-electron chi connectivity index (χ4n) is 2.24. The van der Waals surface area contributed by atoms with Crippen molar-refractivity contribution >= 4 is 20.9 Å². The Labute approximate surface area is 118 Å². The first-order valence-corrected chi connectivity index (χ1v) is 8.09. The molecular formula is C15H18O4S. The third kappa shape index (κ3) is 3.29. The third-order valence-corrected chi connectivity index (χ3v) is 4.17. The lowest BCUT2D eigenvalue weighted by molar-refractivity contribution is 0.471. The minimum absolute atomic E-state index is 0.132. The van der Waals surface area contributed by atoms with Crippen molar-refractivity contribution in [1.29, 1.82) is 0 Å². The molecule has 2 rings (SSSR count). The maximum Gasteiger partial charge on any atom is 0.294 e. The lowest BCUT2D eigenvalue weighted by atomic mass is 10.0. The molecule has 0 fully saturated rings. The SMILES string of the molecule is CCCCCc1ccc2cc(S(=O)(=O)O)cc(O)c2c1. The van der Waals surface area contributed by atoms with Gasteiger partial charge in [0.25, 0.3) is 10.1 Å². The molecule has 0 heterocycles. The van der Waals surface area contributed by atoms with Crippen LogP contribution in [0.5, 0.6) is 5.75 Å². The third-order valence-electron chi connectivity index (χ3n) is 3.34. The molecule has 4 nitrogen and oxygen atoms in total. The largest absolute Gasteiger partial charge is 0.507 e. The first-order chi connectivity index (χ1) is 9.41. The topological polar surface area (TPSA) is 74.6 Å². The van der Waals surface area contributed by atoms with E-state index in [1.807, 2.05) is 12.1 Å². The molecule has 0 amide bonds. The predicted molar refractivity (Wildman–Crippen MR) is 78.7 cm³/mol. The van der Waals surface area contributed by atoms with E-state index in [9.17, 15) is 13.5 Å². The van der Waals surface area contributed by atoms with Gasteiger partial charge in [-0.15, -0.1) is 0 Å². The van der Waals surface area contributed by atoms with Crippen molar-refractivity contribution in [2.75, 3.05) is 0 Å². The minimum Gasteiger partial charge on any atom is -0.507 e. The molecule has 0 aliphatic rings. The van der Waals surface area contributed by atoms with Crippen molar-refractivity contribution in [3.05, 3.63) is 35.9 Å². The monoisotopic (exact) mass is 294 g/mol. The number of aryl methyl sites for hydroxylation is 1. The van der Waals surface area contributed by atoms with Crippen LogP contribution in [0.3, 0.4) is 0 Å². The van der Waals surface area contributed by atoms with Gasteiger partial charge in [-0.2, -0.15) is 8.42 Å². The highest BCUT2D eigenvalue weighted by molar-refractivity contribution is 7.85. The first kappa shape index (κ1) is 14.8. The summed E-state index contributed by atoms with van der Waals surface area (Å²) >= 11 is 0. The van der Waals surface area contributed by atoms with Crippen LogP contribution in [-0.2, 0) is 16.5 Å². The molecular weight excluding hydrogens is 276 g/mol. The number of phenolic OH excluding ortho intramolecular Hbond substituents is 1. The summed E-state index contributed by atoms with van der Waals surface area (Å²) in [5.74, 6) is -0.132. The van der Waals surface area contributed by atoms with Crippen LogP contribution in [0, 0.1) is 0 Å². The van der Waals surface area contributed by atoms with Gasteiger partial charge < -0.3 is 5.11 Å². The second-order valence-electron chi connectivity index (χ2n) is 4.93. The zero-order valence-corrected chi connectivity index (χ0v) is 12.2. The summed E-state index contributed by atoms with van der Waals surface area (Å²) in [6, 6.07) is 8.00. The molecule has 2 N–H and O–H groups in total. The van der Waals surface area contributed by atoms with E-state index in [4.69, 9.17) is 4.55 Å². The van der Waals surface area contributed by atoms with Crippen LogP contribution in [0.25, 0.3) is 10.8 Å². The normalized spacial score (nSPS) is 11.9. The summed E-state index contributed by atoms with van der Waals surface area (Å²) in [5, 5.41) is 11.1. The summed E-state index contributed by atoms with van der Waals surface area (Å²) < 4.78 is 31.3. The molecule has 108 valence electrons. The summed E-state index contributed by atoms with van der Waals surface area (Å²) in [7, 11) is -4.30. The van der Waals surface area contributed by atoms with Crippen molar-refractivity contribution in [1.82, 2.24) is 0 Å². The maximum absolute atomic E-state index is 11.1. The van der Waals surface area contributed by atoms with Gasteiger partial charge in [0.05, 0.1) is 4.90 Å². The second kappa shape index (κ2) is 5.81. The van der Waals surface area contributed by atoms with Crippen molar-refractivity contribution in [2.45, 2.75) is 37.5 Å². The molecule has 0 spiro atoms. The number of phenols is 1. The summed E-state index contributed by atoms with van der Waals surface area (Å²) in [6.45, 7) is 2.14. The molecule has 0 saturated heterocycles. The lowest BCUT2D eigenvalue weighted by Crippen LogP contribution is -1.98. The van der Waals surface area contributed by atoms with Crippen LogP contribution in [0.15, 0.2) is 35.2 Å². The average molecular weight is 294 g/mol. The zero-order chi connectivity index (χ0) is 14.8. The van der Waals surface area contributed by atoms with Crippen molar-refractivity contribution < 1.29 is 18.1 Å². The molecule has 0 aliphatic heterocycles. The van der Waals surface area contributed by atoms with Gasteiger partial charge in [-0.1, -0.05) is 31.9 Å². The average Bonchev–Trinajstić information content (AvgIpc) is 2.38. The van der Waals surface area contributed by atoms with E-state index >= 15 is 0 Å². The minimum atomic E-state index is -4.30. The zero-order valence-electron chi connectivity index (χ0n) is 11.3. The van der Waals surface area contributed by atoms with Gasteiger partial charge in [0.2, 0.25) is 0 Å². The van der Waals surface area contributed by atoms with Gasteiger partial charge in [-0.3, -0.25) is 4.55 Å². The van der Waals surface area contributed by atoms with E-state index < -0.39 is 10.1 Å². The van der Waals surface area contributed by atoms with E-state index in [1.54, 1.807) is 6.07 Å². The number of hydrogen-bond acceptors (Lipinski definition) is 3. The Morgan fingerprint density at radius 1 is 1.10 bits per heavy atom. The Kier molecular flexibility index (Phi) is 4.30. The standard InChI is InChI=1S/C15H18O4S/c1-2-3-4-5-11-6-7-12-9-13(20(17,18)19)10-15(16)14(12)8-11/h6-10,16H,2-5H2,1H3,(H,17,18,19). The fourth-order valence-corrected chi connectivity index (χ4v) is 2.78. The lowest BCUT2D eigenvalue weighted by Gasteiger charge is -2.07.